The van der Waals surface area contributed by atoms with E-state index in [4.69, 9.17) is 56.2 Å². The van der Waals surface area contributed by atoms with Gasteiger partial charge in [-0.15, -0.1) is 0 Å². The van der Waals surface area contributed by atoms with Gasteiger partial charge >= 0.3 is 24.3 Å². The van der Waals surface area contributed by atoms with Crippen LogP contribution in [0.5, 0.6) is 11.5 Å². The molecule has 0 spiro atoms. The summed E-state index contributed by atoms with van der Waals surface area (Å²) in [6.07, 6.45) is -3.94. The molecule has 0 aliphatic carbocycles. The van der Waals surface area contributed by atoms with Crippen LogP contribution in [0.25, 0.3) is 0 Å². The predicted octanol–water partition coefficient (Wildman–Crippen LogP) is 13.4. The highest BCUT2D eigenvalue weighted by Crippen LogP contribution is 2.31. The van der Waals surface area contributed by atoms with Crippen molar-refractivity contribution in [3.63, 3.8) is 0 Å². The molecule has 0 saturated carbocycles. The number of rotatable bonds is 13. The Morgan fingerprint density at radius 1 is 0.662 bits per heavy atom. The summed E-state index contributed by atoms with van der Waals surface area (Å²) in [5.41, 5.74) is 4.03. The lowest BCUT2D eigenvalue weighted by Crippen LogP contribution is -2.34. The minimum atomic E-state index is -3.77. The SMILES string of the molecule is CC(Oc1ccc(NC(=O)NC(=O)c2ccccc2Cl)cc1)c1ccccc1.CCCN(C(=O)O)c1cccc(C)c1.O=C(NC(=O)c1ccccc1Cl)Nc1ccc(OC(F)(F)C(Cl)Cl)cc1. The molecule has 356 valence electrons. The van der Waals surface area contributed by atoms with Crippen molar-refractivity contribution < 1.29 is 47.3 Å². The Labute approximate surface area is 411 Å². The minimum absolute atomic E-state index is 0.100. The van der Waals surface area contributed by atoms with E-state index in [9.17, 15) is 32.8 Å². The van der Waals surface area contributed by atoms with E-state index in [-0.39, 0.29) is 38.7 Å². The Hall–Kier alpha value is -6.91. The molecular formula is C49H45Cl4F2N5O8. The van der Waals surface area contributed by atoms with E-state index in [2.05, 4.69) is 26.0 Å². The summed E-state index contributed by atoms with van der Waals surface area (Å²) in [6, 6.07) is 40.5. The summed E-state index contributed by atoms with van der Waals surface area (Å²) in [6.45, 7) is 6.43. The van der Waals surface area contributed by atoms with Crippen molar-refractivity contribution in [3.8, 4) is 11.5 Å². The van der Waals surface area contributed by atoms with Gasteiger partial charge in [0.1, 0.15) is 17.6 Å². The highest BCUT2D eigenvalue weighted by molar-refractivity contribution is 6.44. The highest BCUT2D eigenvalue weighted by Gasteiger charge is 2.40. The van der Waals surface area contributed by atoms with Crippen molar-refractivity contribution in [2.24, 2.45) is 0 Å². The molecule has 0 fully saturated rings. The first-order valence-corrected chi connectivity index (χ1v) is 22.1. The van der Waals surface area contributed by atoms with E-state index in [1.165, 1.54) is 41.3 Å². The molecule has 7 amide bonds. The third-order valence-electron chi connectivity index (χ3n) is 9.00. The average molecular weight is 1010 g/mol. The van der Waals surface area contributed by atoms with Crippen LogP contribution in [0.3, 0.4) is 0 Å². The maximum Gasteiger partial charge on any atom is 0.428 e. The second-order valence-electron chi connectivity index (χ2n) is 14.2. The molecule has 1 atom stereocenters. The molecule has 19 heteroatoms. The van der Waals surface area contributed by atoms with Gasteiger partial charge < -0.3 is 25.2 Å². The lowest BCUT2D eigenvalue weighted by molar-refractivity contribution is -0.163. The molecule has 0 saturated heterocycles. The van der Waals surface area contributed by atoms with Gasteiger partial charge in [0.25, 0.3) is 11.8 Å². The molecule has 68 heavy (non-hydrogen) atoms. The molecule has 0 aliphatic rings. The molecule has 5 N–H and O–H groups in total. The van der Waals surface area contributed by atoms with Gasteiger partial charge in [0.05, 0.1) is 21.2 Å². The highest BCUT2D eigenvalue weighted by atomic mass is 35.5. The number of alkyl halides is 4. The van der Waals surface area contributed by atoms with E-state index >= 15 is 0 Å². The van der Waals surface area contributed by atoms with E-state index in [0.29, 0.717) is 18.0 Å². The Kier molecular flexibility index (Phi) is 20.9. The van der Waals surface area contributed by atoms with Crippen LogP contribution in [0.1, 0.15) is 58.2 Å². The molecule has 6 aromatic carbocycles. The first kappa shape index (κ1) is 53.7. The number of carbonyl (C=O) groups is 5. The molecule has 0 aromatic heterocycles. The van der Waals surface area contributed by atoms with E-state index < -0.39 is 40.9 Å². The fraction of sp³-hybridized carbons (Fsp3) is 0.163. The third kappa shape index (κ3) is 17.4. The van der Waals surface area contributed by atoms with Gasteiger partial charge in [0.15, 0.2) is 0 Å². The van der Waals surface area contributed by atoms with Crippen LogP contribution in [0.2, 0.25) is 10.0 Å². The lowest BCUT2D eigenvalue weighted by Gasteiger charge is -2.18. The number of benzene rings is 6. The van der Waals surface area contributed by atoms with Crippen LogP contribution in [-0.2, 0) is 0 Å². The van der Waals surface area contributed by atoms with Gasteiger partial charge in [-0.25, -0.2) is 14.4 Å². The zero-order chi connectivity index (χ0) is 49.8. The standard InChI is InChI=1S/C22H19ClN2O3.C16H11Cl3F2N2O3.C11H15NO2/c1-15(16-7-3-2-4-8-16)28-18-13-11-17(12-14-18)24-22(27)25-21(26)19-9-5-6-10-20(19)23;17-12-4-2-1-3-11(12)13(24)23-15(25)22-9-5-7-10(8-6-9)26-16(20,21)14(18)19;1-3-7-12(11(13)14)10-6-4-5-9(2)8-10/h2-15H,1H3,(H2,24,25,26,27);1-8,14H,(H2,22,23,24,25);4-6,8H,3,7H2,1-2H3,(H,13,14). The molecule has 0 aliphatic heterocycles. The number of nitrogens with one attached hydrogen (secondary N) is 4. The normalized spacial score (nSPS) is 11.0. The minimum Gasteiger partial charge on any atom is -0.486 e. The van der Waals surface area contributed by atoms with Crippen molar-refractivity contribution in [3.05, 3.63) is 184 Å². The van der Waals surface area contributed by atoms with Gasteiger partial charge in [-0.3, -0.25) is 25.1 Å². The Bertz CT molecular complexity index is 2630. The number of imide groups is 2. The summed E-state index contributed by atoms with van der Waals surface area (Å²) < 4.78 is 36.8. The molecule has 0 radical (unpaired) electrons. The third-order valence-corrected chi connectivity index (χ3v) is 10.2. The van der Waals surface area contributed by atoms with E-state index in [0.717, 1.165) is 23.2 Å². The van der Waals surface area contributed by atoms with Gasteiger partial charge in [0.2, 0.25) is 4.84 Å². The monoisotopic (exact) mass is 1010 g/mol. The largest absolute Gasteiger partial charge is 0.486 e. The molecule has 0 bridgehead atoms. The van der Waals surface area contributed by atoms with Crippen LogP contribution in [0.15, 0.2) is 152 Å². The zero-order valence-electron chi connectivity index (χ0n) is 36.5. The number of urea groups is 2. The molecule has 1 unspecified atom stereocenters. The lowest BCUT2D eigenvalue weighted by atomic mass is 10.1. The second kappa shape index (κ2) is 26.4. The number of hydrogen-bond donors (Lipinski definition) is 5. The zero-order valence-corrected chi connectivity index (χ0v) is 39.5. The van der Waals surface area contributed by atoms with Crippen molar-refractivity contribution >= 4 is 93.4 Å². The number of anilines is 3. The maximum atomic E-state index is 13.3. The molecule has 6 aromatic rings. The summed E-state index contributed by atoms with van der Waals surface area (Å²) in [7, 11) is 0. The van der Waals surface area contributed by atoms with E-state index in [1.54, 1.807) is 60.7 Å². The first-order chi connectivity index (χ1) is 32.4. The Morgan fingerprint density at radius 3 is 1.57 bits per heavy atom. The number of hydrogen-bond acceptors (Lipinski definition) is 7. The second-order valence-corrected chi connectivity index (χ2v) is 16.1. The van der Waals surface area contributed by atoms with Gasteiger partial charge in [0, 0.05) is 23.6 Å². The van der Waals surface area contributed by atoms with Crippen LogP contribution in [0.4, 0.5) is 40.2 Å². The quantitative estimate of drug-likeness (QED) is 0.0710. The summed E-state index contributed by atoms with van der Waals surface area (Å²) >= 11 is 22.1. The van der Waals surface area contributed by atoms with Crippen molar-refractivity contribution in [2.75, 3.05) is 22.1 Å². The molecule has 13 nitrogen and oxygen atoms in total. The first-order valence-electron chi connectivity index (χ1n) is 20.4. The smallest absolute Gasteiger partial charge is 0.428 e. The average Bonchev–Trinajstić information content (AvgIpc) is 3.30. The van der Waals surface area contributed by atoms with Gasteiger partial charge in [-0.2, -0.15) is 8.78 Å². The molecular weight excluding hydrogens is 966 g/mol. The van der Waals surface area contributed by atoms with Crippen LogP contribution >= 0.6 is 46.4 Å². The van der Waals surface area contributed by atoms with Crippen molar-refractivity contribution in [1.82, 2.24) is 10.6 Å². The Balaban J connectivity index is 0.000000235. The number of carbonyl (C=O) groups excluding carboxylic acids is 4. The fourth-order valence-corrected chi connectivity index (χ4v) is 6.26. The van der Waals surface area contributed by atoms with E-state index in [1.807, 2.05) is 75.4 Å². The molecule has 0 heterocycles. The van der Waals surface area contributed by atoms with Gasteiger partial charge in [-0.05, 0) is 116 Å². The van der Waals surface area contributed by atoms with Crippen molar-refractivity contribution in [2.45, 2.75) is 44.2 Å². The summed E-state index contributed by atoms with van der Waals surface area (Å²) in [4.78, 5) is 58.2. The summed E-state index contributed by atoms with van der Waals surface area (Å²) in [5, 5.41) is 18.8. The maximum absolute atomic E-state index is 13.3. The number of halogens is 6. The number of carboxylic acid groups (broad SMARTS) is 1. The fourth-order valence-electron chi connectivity index (χ4n) is 5.73. The number of amides is 7. The number of nitrogens with zero attached hydrogens (tertiary/aromatic N) is 1. The Morgan fingerprint density at radius 2 is 1.13 bits per heavy atom. The molecule has 6 rings (SSSR count). The topological polar surface area (TPSA) is 175 Å². The van der Waals surface area contributed by atoms with Crippen LogP contribution < -0.4 is 35.6 Å². The van der Waals surface area contributed by atoms with Crippen LogP contribution in [0, 0.1) is 6.92 Å². The number of aryl methyl sites for hydroxylation is 1. The number of ether oxygens (including phenoxy) is 2. The van der Waals surface area contributed by atoms with Gasteiger partial charge in [-0.1, -0.05) is 120 Å². The van der Waals surface area contributed by atoms with Crippen LogP contribution in [-0.4, -0.2) is 52.6 Å². The van der Waals surface area contributed by atoms with Crippen molar-refractivity contribution in [1.29, 1.82) is 0 Å². The predicted molar refractivity (Wildman–Crippen MR) is 262 cm³/mol. The summed E-state index contributed by atoms with van der Waals surface area (Å²) in [5.74, 6) is -0.795.